The third kappa shape index (κ3) is 5.05. The molecule has 5 N–H and O–H groups in total. The largest absolute Gasteiger partial charge is 0.472 e. The fraction of sp³-hybridized carbons (Fsp3) is 0.700. The second-order valence-corrected chi connectivity index (χ2v) is 11.3. The van der Waals surface area contributed by atoms with Crippen molar-refractivity contribution in [3.8, 4) is 0 Å². The monoisotopic (exact) mass is 562 g/mol. The normalized spacial score (nSPS) is 40.4. The van der Waals surface area contributed by atoms with Gasteiger partial charge < -0.3 is 29.9 Å². The fourth-order valence-electron chi connectivity index (χ4n) is 5.13. The number of thiocarbonyl (C=S) groups is 1. The van der Waals surface area contributed by atoms with Gasteiger partial charge in [0, 0.05) is 43.0 Å². The van der Waals surface area contributed by atoms with Crippen LogP contribution in [0.1, 0.15) is 31.6 Å². The molecule has 17 heteroatoms. The van der Waals surface area contributed by atoms with E-state index in [1.165, 1.54) is 11.1 Å². The molecule has 0 radical (unpaired) electrons. The Hall–Kier alpha value is -2.01. The molecule has 15 nitrogen and oxygen atoms in total. The number of phosphoric acid groups is 1. The second kappa shape index (κ2) is 9.94. The van der Waals surface area contributed by atoms with Gasteiger partial charge >= 0.3 is 19.5 Å². The Morgan fingerprint density at radius 1 is 1.19 bits per heavy atom. The molecule has 0 spiro atoms. The van der Waals surface area contributed by atoms with Crippen LogP contribution in [0.4, 0.5) is 4.79 Å². The molecule has 37 heavy (non-hydrogen) atoms. The Bertz CT molecular complexity index is 1260. The summed E-state index contributed by atoms with van der Waals surface area (Å²) in [6.45, 7) is 0.639. The lowest BCUT2D eigenvalue weighted by Gasteiger charge is -2.43. The molecule has 4 aliphatic rings. The topological polar surface area (TPSA) is 202 Å². The maximum Gasteiger partial charge on any atom is 0.472 e. The number of amides is 2. The minimum absolute atomic E-state index is 0.0280. The zero-order valence-electron chi connectivity index (χ0n) is 19.6. The Morgan fingerprint density at radius 3 is 2.68 bits per heavy atom. The Kier molecular flexibility index (Phi) is 7.15. The number of nitrogens with one attached hydrogen (secondary N) is 2. The van der Waals surface area contributed by atoms with Crippen LogP contribution in [0.25, 0.3) is 0 Å². The molecule has 3 fully saturated rings. The molecule has 5 rings (SSSR count). The first-order valence-electron chi connectivity index (χ1n) is 11.7. The highest BCUT2D eigenvalue weighted by Gasteiger charge is 2.49. The van der Waals surface area contributed by atoms with E-state index in [4.69, 9.17) is 30.7 Å². The molecule has 1 unspecified atom stereocenters. The number of phosphoric ester groups is 1. The second-order valence-electron chi connectivity index (χ2n) is 9.47. The van der Waals surface area contributed by atoms with Gasteiger partial charge in [0.2, 0.25) is 0 Å². The lowest BCUT2D eigenvalue weighted by Crippen LogP contribution is -2.63. The van der Waals surface area contributed by atoms with E-state index in [1.54, 1.807) is 6.92 Å². The van der Waals surface area contributed by atoms with Crippen molar-refractivity contribution in [3.05, 3.63) is 32.6 Å². The molecule has 4 aliphatic heterocycles. The van der Waals surface area contributed by atoms with Gasteiger partial charge in [-0.05, 0) is 0 Å². The van der Waals surface area contributed by atoms with Crippen LogP contribution < -0.4 is 16.6 Å². The van der Waals surface area contributed by atoms with Crippen molar-refractivity contribution in [1.29, 1.82) is 0 Å². The number of aliphatic hydroxyl groups excluding tert-OH is 2. The third-order valence-corrected chi connectivity index (χ3v) is 8.63. The minimum Gasteiger partial charge on any atom is -0.394 e. The van der Waals surface area contributed by atoms with Crippen LogP contribution in [0, 0.1) is 5.92 Å². The van der Waals surface area contributed by atoms with Crippen LogP contribution in [-0.4, -0.2) is 90.5 Å². The number of carbonyl (C=O) groups is 1. The summed E-state index contributed by atoms with van der Waals surface area (Å²) in [5.74, 6) is -0.455. The first kappa shape index (κ1) is 26.6. The summed E-state index contributed by atoms with van der Waals surface area (Å²) in [4.78, 5) is 52.5. The molecule has 2 amide bonds. The summed E-state index contributed by atoms with van der Waals surface area (Å²) in [6.07, 6.45) is -5.28. The Morgan fingerprint density at radius 2 is 1.95 bits per heavy atom. The van der Waals surface area contributed by atoms with Crippen molar-refractivity contribution in [2.75, 3.05) is 13.2 Å². The van der Waals surface area contributed by atoms with Crippen molar-refractivity contribution in [2.45, 2.75) is 69.1 Å². The molecule has 3 saturated heterocycles. The quantitative estimate of drug-likeness (QED) is 0.201. The van der Waals surface area contributed by atoms with E-state index in [9.17, 15) is 34.1 Å². The van der Waals surface area contributed by atoms with Gasteiger partial charge in [0.05, 0.1) is 24.3 Å². The molecule has 1 aromatic heterocycles. The molecule has 6 bridgehead atoms. The first-order chi connectivity index (χ1) is 17.5. The molecule has 0 saturated carbocycles. The van der Waals surface area contributed by atoms with Crippen molar-refractivity contribution in [2.24, 2.45) is 5.92 Å². The van der Waals surface area contributed by atoms with Gasteiger partial charge in [-0.15, -0.1) is 0 Å². The number of H-pyrrole nitrogens is 1. The summed E-state index contributed by atoms with van der Waals surface area (Å²) in [6, 6.07) is -1.33. The Balaban J connectivity index is 1.59. The van der Waals surface area contributed by atoms with Gasteiger partial charge in [0.1, 0.15) is 30.8 Å². The molecular weight excluding hydrogens is 535 g/mol. The lowest BCUT2D eigenvalue weighted by atomic mass is 9.92. The molecular formula is C20H27N4O11PS. The van der Waals surface area contributed by atoms with Gasteiger partial charge in [0.25, 0.3) is 5.56 Å². The maximum atomic E-state index is 13.1. The molecule has 204 valence electrons. The molecule has 0 aromatic carbocycles. The Labute approximate surface area is 214 Å². The molecule has 0 aliphatic carbocycles. The van der Waals surface area contributed by atoms with E-state index < -0.39 is 87.1 Å². The van der Waals surface area contributed by atoms with Crippen LogP contribution in [0.3, 0.4) is 0 Å². The highest BCUT2D eigenvalue weighted by molar-refractivity contribution is 7.80. The smallest absolute Gasteiger partial charge is 0.394 e. The average molecular weight is 562 g/mol. The maximum absolute atomic E-state index is 13.1. The van der Waals surface area contributed by atoms with Crippen LogP contribution >= 0.6 is 20.0 Å². The van der Waals surface area contributed by atoms with Crippen LogP contribution in [0.5, 0.6) is 0 Å². The third-order valence-electron chi connectivity index (χ3n) is 7.14. The summed E-state index contributed by atoms with van der Waals surface area (Å²) >= 11 is 5.33. The van der Waals surface area contributed by atoms with E-state index >= 15 is 0 Å². The number of fused-ring (bicyclic) bond motifs is 9. The van der Waals surface area contributed by atoms with Gasteiger partial charge in [-0.3, -0.25) is 28.3 Å². The van der Waals surface area contributed by atoms with E-state index in [0.717, 1.165) is 4.57 Å². The van der Waals surface area contributed by atoms with E-state index in [0.29, 0.717) is 0 Å². The van der Waals surface area contributed by atoms with Crippen molar-refractivity contribution in [1.82, 2.24) is 19.8 Å². The van der Waals surface area contributed by atoms with E-state index in [1.807, 2.05) is 0 Å². The number of carbonyl (C=O) groups excluding carboxylic acids is 1. The molecule has 1 aromatic rings. The predicted molar refractivity (Wildman–Crippen MR) is 126 cm³/mol. The minimum atomic E-state index is -4.72. The van der Waals surface area contributed by atoms with E-state index in [2.05, 4.69) is 10.3 Å². The van der Waals surface area contributed by atoms with Crippen LogP contribution in [-0.2, 0) is 29.5 Å². The summed E-state index contributed by atoms with van der Waals surface area (Å²) in [7, 11) is -4.72. The predicted octanol–water partition coefficient (Wildman–Crippen LogP) is -1.29. The number of aromatic amines is 1. The fourth-order valence-corrected chi connectivity index (χ4v) is 6.34. The summed E-state index contributed by atoms with van der Waals surface area (Å²) in [5.41, 5.74) is -1.28. The van der Waals surface area contributed by atoms with Crippen LogP contribution in [0.15, 0.2) is 15.8 Å². The number of hydrogen-bond donors (Lipinski definition) is 5. The highest BCUT2D eigenvalue weighted by atomic mass is 32.1. The average Bonchev–Trinajstić information content (AvgIpc) is 3.39. The number of ether oxygens (including phenoxy) is 2. The van der Waals surface area contributed by atoms with Crippen molar-refractivity contribution in [3.63, 3.8) is 0 Å². The number of hydrogen-bond acceptors (Lipinski definition) is 11. The highest BCUT2D eigenvalue weighted by Crippen LogP contribution is 2.48. The molecule has 5 heterocycles. The van der Waals surface area contributed by atoms with Gasteiger partial charge in [0.15, 0.2) is 0 Å². The van der Waals surface area contributed by atoms with Crippen molar-refractivity contribution >= 4 is 31.1 Å². The van der Waals surface area contributed by atoms with Gasteiger partial charge in [-0.1, -0.05) is 19.1 Å². The molecule has 9 atom stereocenters. The van der Waals surface area contributed by atoms with Crippen LogP contribution in [0.2, 0.25) is 0 Å². The summed E-state index contributed by atoms with van der Waals surface area (Å²) in [5, 5.41) is 22.8. The number of aromatic nitrogens is 2. The zero-order valence-corrected chi connectivity index (χ0v) is 21.3. The number of urea groups is 1. The summed E-state index contributed by atoms with van der Waals surface area (Å²) < 4.78 is 35.7. The zero-order chi connectivity index (χ0) is 26.6. The lowest BCUT2D eigenvalue weighted by molar-refractivity contribution is -0.0794. The van der Waals surface area contributed by atoms with Crippen molar-refractivity contribution < 1.29 is 43.0 Å². The van der Waals surface area contributed by atoms with Gasteiger partial charge in [-0.25, -0.2) is 14.2 Å². The SMILES string of the molecule is C[C@H]1C(=S)NC(=O)N2[C@@H]1Cc1cn(c(=O)[nH]c1=O)[C@H]1C[C@H](O)[C@@H](COP(=O)(O)O[C@H]3C[C@H]2O[C@@H]3CO)O1. The number of rotatable bonds is 1. The first-order valence-corrected chi connectivity index (χ1v) is 13.6. The van der Waals surface area contributed by atoms with E-state index in [-0.39, 0.29) is 29.8 Å². The number of aliphatic hydroxyl groups is 2. The number of nitrogens with zero attached hydrogens (tertiary/aromatic N) is 2. The van der Waals surface area contributed by atoms with Gasteiger partial charge in [-0.2, -0.15) is 0 Å². The standard InChI is InChI=1S/C20H27N4O11PS/c1-8-10-2-9-5-23(19(28)21-17(9)27)15-3-11(26)14(34-15)7-32-36(30,31)35-12-4-16(33-13(12)6-25)24(10)20(29)22-18(8)37/h5,8,10-16,25-26H,2-4,6-7H2,1H3,(H,30,31)(H,21,27,28)(H,22,29,37)/t8-,10-,11+,12+,13-,14-,15-,16-/m1/s1.